The Balaban J connectivity index is 1.24. The number of rotatable bonds is 3. The van der Waals surface area contributed by atoms with Gasteiger partial charge in [0.25, 0.3) is 0 Å². The summed E-state index contributed by atoms with van der Waals surface area (Å²) in [6.45, 7) is 1.83. The van der Waals surface area contributed by atoms with Gasteiger partial charge in [0, 0.05) is 18.1 Å². The highest BCUT2D eigenvalue weighted by atomic mass is 16.3. The second kappa shape index (κ2) is 8.04. The molecule has 1 saturated heterocycles. The molecule has 5 aromatic rings. The van der Waals surface area contributed by atoms with Crippen molar-refractivity contribution >= 4 is 22.4 Å². The number of pyridine rings is 1. The average molecular weight is 435 g/mol. The first-order valence-electron chi connectivity index (χ1n) is 10.9. The molecular formula is C25H21N7O. The molecule has 6 rings (SSSR count). The third kappa shape index (κ3) is 3.79. The van der Waals surface area contributed by atoms with Crippen molar-refractivity contribution in [3.05, 3.63) is 72.4 Å². The molecule has 0 aliphatic carbocycles. The monoisotopic (exact) mass is 435 g/mol. The molecule has 162 valence electrons. The Morgan fingerprint density at radius 1 is 1.15 bits per heavy atom. The van der Waals surface area contributed by atoms with Gasteiger partial charge < -0.3 is 10.2 Å². The lowest BCUT2D eigenvalue weighted by atomic mass is 10.1. The predicted octanol–water partition coefficient (Wildman–Crippen LogP) is 3.53. The topological polar surface area (TPSA) is 98.4 Å². The number of hydrogen-bond donors (Lipinski definition) is 1. The molecule has 0 saturated carbocycles. The van der Waals surface area contributed by atoms with Crippen LogP contribution in [-0.4, -0.2) is 42.1 Å². The standard InChI is InChI=1S/C25H21N7O/c26-23-25-29-24(22-8-4-12-33-22)30-32(25)16-19(28-23)9-10-20-6-3-11-31(20)15-17-13-18-5-1-2-7-21(18)27-14-17/h1-2,4-5,7-8,12-14,16,20H,3,6,11,15H2,(H2,26,28). The first-order valence-corrected chi connectivity index (χ1v) is 10.9. The molecule has 4 aromatic heterocycles. The second-order valence-electron chi connectivity index (χ2n) is 8.13. The smallest absolute Gasteiger partial charge is 0.218 e. The summed E-state index contributed by atoms with van der Waals surface area (Å²) in [6.07, 6.45) is 7.44. The minimum atomic E-state index is 0.157. The fourth-order valence-electron chi connectivity index (χ4n) is 4.26. The number of nitrogens with two attached hydrogens (primary N) is 1. The summed E-state index contributed by atoms with van der Waals surface area (Å²) in [5, 5.41) is 5.62. The van der Waals surface area contributed by atoms with Crippen molar-refractivity contribution in [2.75, 3.05) is 12.3 Å². The summed E-state index contributed by atoms with van der Waals surface area (Å²) in [7, 11) is 0. The zero-order valence-corrected chi connectivity index (χ0v) is 17.8. The molecule has 2 N–H and O–H groups in total. The van der Waals surface area contributed by atoms with Crippen LogP contribution in [0.1, 0.15) is 24.1 Å². The number of hydrogen-bond acceptors (Lipinski definition) is 7. The molecule has 0 radical (unpaired) electrons. The molecule has 5 heterocycles. The van der Waals surface area contributed by atoms with Crippen molar-refractivity contribution in [2.45, 2.75) is 25.4 Å². The van der Waals surface area contributed by atoms with Gasteiger partial charge in [-0.25, -0.2) is 14.5 Å². The SMILES string of the molecule is Nc1nc(C#CC2CCCN2Cc2cnc3ccccc3c2)cn2nc(-c3ccco3)nc12. The Hall–Kier alpha value is -4.22. The summed E-state index contributed by atoms with van der Waals surface area (Å²) in [4.78, 5) is 15.8. The van der Waals surface area contributed by atoms with E-state index >= 15 is 0 Å². The van der Waals surface area contributed by atoms with Crippen molar-refractivity contribution in [2.24, 2.45) is 0 Å². The number of anilines is 1. The largest absolute Gasteiger partial charge is 0.461 e. The lowest BCUT2D eigenvalue weighted by Gasteiger charge is -2.20. The molecule has 8 nitrogen and oxygen atoms in total. The van der Waals surface area contributed by atoms with E-state index in [4.69, 9.17) is 10.2 Å². The first-order chi connectivity index (χ1) is 16.2. The molecule has 1 unspecified atom stereocenters. The maximum absolute atomic E-state index is 6.13. The Morgan fingerprint density at radius 3 is 3.00 bits per heavy atom. The molecule has 33 heavy (non-hydrogen) atoms. The molecule has 8 heteroatoms. The maximum atomic E-state index is 6.13. The van der Waals surface area contributed by atoms with Crippen molar-refractivity contribution < 1.29 is 4.42 Å². The molecule has 1 aliphatic rings. The van der Waals surface area contributed by atoms with Crippen molar-refractivity contribution in [3.8, 4) is 23.4 Å². The molecule has 1 atom stereocenters. The van der Waals surface area contributed by atoms with Gasteiger partial charge in [0.1, 0.15) is 5.69 Å². The molecule has 0 bridgehead atoms. The fraction of sp³-hybridized carbons (Fsp3) is 0.200. The van der Waals surface area contributed by atoms with Gasteiger partial charge in [-0.2, -0.15) is 0 Å². The van der Waals surface area contributed by atoms with Crippen LogP contribution in [0.4, 0.5) is 5.82 Å². The van der Waals surface area contributed by atoms with Gasteiger partial charge in [-0.05, 0) is 55.1 Å². The number of benzene rings is 1. The van der Waals surface area contributed by atoms with E-state index < -0.39 is 0 Å². The highest BCUT2D eigenvalue weighted by Gasteiger charge is 2.23. The van der Waals surface area contributed by atoms with E-state index in [-0.39, 0.29) is 11.9 Å². The Morgan fingerprint density at radius 2 is 2.09 bits per heavy atom. The van der Waals surface area contributed by atoms with Gasteiger partial charge in [0.15, 0.2) is 17.2 Å². The lowest BCUT2D eigenvalue weighted by molar-refractivity contribution is 0.288. The molecule has 1 aliphatic heterocycles. The summed E-state index contributed by atoms with van der Waals surface area (Å²) < 4.78 is 6.99. The van der Waals surface area contributed by atoms with Crippen LogP contribution in [0.15, 0.2) is 65.5 Å². The minimum absolute atomic E-state index is 0.157. The lowest BCUT2D eigenvalue weighted by Crippen LogP contribution is -2.27. The van der Waals surface area contributed by atoms with Gasteiger partial charge in [-0.1, -0.05) is 24.1 Å². The second-order valence-corrected chi connectivity index (χ2v) is 8.13. The normalized spacial score (nSPS) is 16.3. The summed E-state index contributed by atoms with van der Waals surface area (Å²) in [6, 6.07) is 14.1. The van der Waals surface area contributed by atoms with Gasteiger partial charge in [0.2, 0.25) is 5.82 Å². The van der Waals surface area contributed by atoms with E-state index in [2.05, 4.69) is 48.9 Å². The van der Waals surface area contributed by atoms with Crippen molar-refractivity contribution in [1.29, 1.82) is 0 Å². The fourth-order valence-corrected chi connectivity index (χ4v) is 4.26. The van der Waals surface area contributed by atoms with Crippen LogP contribution in [0.5, 0.6) is 0 Å². The van der Waals surface area contributed by atoms with Crippen LogP contribution in [0.2, 0.25) is 0 Å². The Labute approximate surface area is 190 Å². The quantitative estimate of drug-likeness (QED) is 0.433. The first kappa shape index (κ1) is 19.5. The maximum Gasteiger partial charge on any atom is 0.218 e. The summed E-state index contributed by atoms with van der Waals surface area (Å²) >= 11 is 0. The van der Waals surface area contributed by atoms with E-state index in [0.717, 1.165) is 36.8 Å². The Kier molecular flexibility index (Phi) is 4.74. The van der Waals surface area contributed by atoms with Crippen molar-refractivity contribution in [1.82, 2.24) is 29.5 Å². The number of aromatic nitrogens is 5. The van der Waals surface area contributed by atoms with Gasteiger partial charge in [-0.15, -0.1) is 5.10 Å². The molecule has 0 amide bonds. The van der Waals surface area contributed by atoms with Crippen LogP contribution in [0, 0.1) is 11.8 Å². The highest BCUT2D eigenvalue weighted by Crippen LogP contribution is 2.22. The van der Waals surface area contributed by atoms with Gasteiger partial charge >= 0.3 is 0 Å². The minimum Gasteiger partial charge on any atom is -0.461 e. The van der Waals surface area contributed by atoms with E-state index in [1.54, 1.807) is 29.1 Å². The van der Waals surface area contributed by atoms with Crippen LogP contribution >= 0.6 is 0 Å². The van der Waals surface area contributed by atoms with Crippen LogP contribution < -0.4 is 5.73 Å². The zero-order valence-electron chi connectivity index (χ0n) is 17.8. The predicted molar refractivity (Wildman–Crippen MR) is 125 cm³/mol. The summed E-state index contributed by atoms with van der Waals surface area (Å²) in [5.74, 6) is 7.92. The molecule has 1 aromatic carbocycles. The van der Waals surface area contributed by atoms with Crippen molar-refractivity contribution in [3.63, 3.8) is 0 Å². The number of likely N-dealkylation sites (tertiary alicyclic amines) is 1. The average Bonchev–Trinajstić information content (AvgIpc) is 3.58. The molecular weight excluding hydrogens is 414 g/mol. The highest BCUT2D eigenvalue weighted by molar-refractivity contribution is 5.78. The van der Waals surface area contributed by atoms with Crippen LogP contribution in [0.25, 0.3) is 28.1 Å². The summed E-state index contributed by atoms with van der Waals surface area (Å²) in [5.41, 5.74) is 9.39. The number of para-hydroxylation sites is 1. The van der Waals surface area contributed by atoms with E-state index in [1.807, 2.05) is 24.4 Å². The molecule has 0 spiro atoms. The number of nitrogen functional groups attached to an aromatic ring is 1. The van der Waals surface area contributed by atoms with Crippen LogP contribution in [-0.2, 0) is 6.54 Å². The number of fused-ring (bicyclic) bond motifs is 2. The van der Waals surface area contributed by atoms with E-state index in [1.165, 1.54) is 5.56 Å². The van der Waals surface area contributed by atoms with Gasteiger partial charge in [0.05, 0.1) is 24.0 Å². The van der Waals surface area contributed by atoms with Crippen LogP contribution in [0.3, 0.4) is 0 Å². The third-order valence-electron chi connectivity index (χ3n) is 5.85. The third-order valence-corrected chi connectivity index (χ3v) is 5.85. The van der Waals surface area contributed by atoms with E-state index in [0.29, 0.717) is 22.9 Å². The Bertz CT molecular complexity index is 1510. The van der Waals surface area contributed by atoms with E-state index in [9.17, 15) is 0 Å². The number of nitrogens with zero attached hydrogens (tertiary/aromatic N) is 6. The number of furan rings is 1. The molecule has 1 fully saturated rings. The van der Waals surface area contributed by atoms with Gasteiger partial charge in [-0.3, -0.25) is 9.88 Å². The zero-order chi connectivity index (χ0) is 22.2.